The predicted octanol–water partition coefficient (Wildman–Crippen LogP) is -0.00612. The van der Waals surface area contributed by atoms with Gasteiger partial charge in [-0.15, -0.1) is 0 Å². The lowest BCUT2D eigenvalue weighted by atomic mass is 10.1. The summed E-state index contributed by atoms with van der Waals surface area (Å²) >= 11 is 0. The Morgan fingerprint density at radius 1 is 1.37 bits per heavy atom. The predicted molar refractivity (Wildman–Crippen MR) is 67.4 cm³/mol. The Kier molecular flexibility index (Phi) is 5.51. The highest BCUT2D eigenvalue weighted by Crippen LogP contribution is 2.12. The number of benzene rings is 1. The fourth-order valence-electron chi connectivity index (χ4n) is 1.53. The summed E-state index contributed by atoms with van der Waals surface area (Å²) < 4.78 is 0. The first-order chi connectivity index (χ1) is 9.06. The molecule has 1 aromatic carbocycles. The van der Waals surface area contributed by atoms with Crippen molar-refractivity contribution in [3.8, 4) is 6.07 Å². The Morgan fingerprint density at radius 2 is 2.00 bits per heavy atom. The minimum absolute atomic E-state index is 0.0926. The average Bonchev–Trinajstić information content (AvgIpc) is 2.43. The van der Waals surface area contributed by atoms with Gasteiger partial charge in [-0.2, -0.15) is 5.26 Å². The number of aliphatic hydroxyl groups excluding tert-OH is 1. The van der Waals surface area contributed by atoms with Gasteiger partial charge in [-0.05, 0) is 12.0 Å². The van der Waals surface area contributed by atoms with Gasteiger partial charge in [0, 0.05) is 6.42 Å². The molecule has 0 saturated heterocycles. The molecule has 0 radical (unpaired) electrons. The van der Waals surface area contributed by atoms with Crippen LogP contribution < -0.4 is 11.1 Å². The van der Waals surface area contributed by atoms with E-state index in [0.717, 1.165) is 0 Å². The molecule has 6 heteroatoms. The van der Waals surface area contributed by atoms with E-state index in [1.54, 1.807) is 30.3 Å². The maximum Gasteiger partial charge on any atom is 0.254 e. The van der Waals surface area contributed by atoms with E-state index in [9.17, 15) is 14.7 Å². The third-order valence-electron chi connectivity index (χ3n) is 2.57. The lowest BCUT2D eigenvalue weighted by Crippen LogP contribution is -2.46. The highest BCUT2D eigenvalue weighted by atomic mass is 16.3. The molecule has 2 atom stereocenters. The van der Waals surface area contributed by atoms with Gasteiger partial charge in [-0.1, -0.05) is 30.3 Å². The zero-order valence-corrected chi connectivity index (χ0v) is 10.2. The molecule has 0 bridgehead atoms. The number of amides is 2. The molecule has 1 rings (SSSR count). The van der Waals surface area contributed by atoms with Crippen LogP contribution in [0.1, 0.15) is 24.5 Å². The van der Waals surface area contributed by atoms with Crippen LogP contribution in [0.3, 0.4) is 0 Å². The van der Waals surface area contributed by atoms with E-state index in [1.807, 2.05) is 6.07 Å². The van der Waals surface area contributed by atoms with Gasteiger partial charge >= 0.3 is 0 Å². The summed E-state index contributed by atoms with van der Waals surface area (Å²) in [6.45, 7) is 0. The Balaban J connectivity index is 2.67. The second-order valence-corrected chi connectivity index (χ2v) is 3.97. The second-order valence-electron chi connectivity index (χ2n) is 3.97. The zero-order chi connectivity index (χ0) is 14.3. The van der Waals surface area contributed by atoms with Gasteiger partial charge in [0.2, 0.25) is 5.91 Å². The van der Waals surface area contributed by atoms with Crippen molar-refractivity contribution in [2.24, 2.45) is 5.73 Å². The van der Waals surface area contributed by atoms with E-state index < -0.39 is 24.0 Å². The van der Waals surface area contributed by atoms with Gasteiger partial charge in [0.15, 0.2) is 6.10 Å². The van der Waals surface area contributed by atoms with Crippen LogP contribution in [0.25, 0.3) is 0 Å². The lowest BCUT2D eigenvalue weighted by molar-refractivity contribution is -0.133. The number of nitrogens with zero attached hydrogens (tertiary/aromatic N) is 1. The SMILES string of the molecule is N#CCC[C@@H](NC(=O)[C@@H](O)c1ccccc1)C(N)=O. The van der Waals surface area contributed by atoms with E-state index in [-0.39, 0.29) is 12.8 Å². The van der Waals surface area contributed by atoms with E-state index in [4.69, 9.17) is 11.0 Å². The summed E-state index contributed by atoms with van der Waals surface area (Å²) in [5, 5.41) is 20.6. The molecule has 19 heavy (non-hydrogen) atoms. The Labute approximate surface area is 110 Å². The van der Waals surface area contributed by atoms with Crippen LogP contribution in [0.4, 0.5) is 0 Å². The van der Waals surface area contributed by atoms with Crippen molar-refractivity contribution in [2.45, 2.75) is 25.0 Å². The molecule has 0 fully saturated rings. The number of carbonyl (C=O) groups excluding carboxylic acids is 2. The summed E-state index contributed by atoms with van der Waals surface area (Å²) in [5.74, 6) is -1.45. The summed E-state index contributed by atoms with van der Waals surface area (Å²) in [5.41, 5.74) is 5.54. The minimum atomic E-state index is -1.37. The number of nitriles is 1. The fraction of sp³-hybridized carbons (Fsp3) is 0.308. The molecule has 0 saturated carbocycles. The van der Waals surface area contributed by atoms with E-state index in [0.29, 0.717) is 5.56 Å². The quantitative estimate of drug-likeness (QED) is 0.667. The summed E-state index contributed by atoms with van der Waals surface area (Å²) in [7, 11) is 0. The summed E-state index contributed by atoms with van der Waals surface area (Å²) in [4.78, 5) is 22.9. The fourth-order valence-corrected chi connectivity index (χ4v) is 1.53. The smallest absolute Gasteiger partial charge is 0.254 e. The highest BCUT2D eigenvalue weighted by molar-refractivity contribution is 5.88. The van der Waals surface area contributed by atoms with Crippen molar-refractivity contribution >= 4 is 11.8 Å². The first-order valence-electron chi connectivity index (χ1n) is 5.76. The third-order valence-corrected chi connectivity index (χ3v) is 2.57. The van der Waals surface area contributed by atoms with Crippen LogP contribution in [-0.2, 0) is 9.59 Å². The molecule has 0 aliphatic rings. The van der Waals surface area contributed by atoms with Gasteiger partial charge in [0.1, 0.15) is 6.04 Å². The maximum atomic E-state index is 11.8. The van der Waals surface area contributed by atoms with Crippen molar-refractivity contribution in [2.75, 3.05) is 0 Å². The number of nitrogens with two attached hydrogens (primary N) is 1. The van der Waals surface area contributed by atoms with Crippen molar-refractivity contribution < 1.29 is 14.7 Å². The van der Waals surface area contributed by atoms with Crippen LogP contribution in [0.5, 0.6) is 0 Å². The van der Waals surface area contributed by atoms with Gasteiger partial charge in [-0.3, -0.25) is 9.59 Å². The Hall–Kier alpha value is -2.39. The number of primary amides is 1. The van der Waals surface area contributed by atoms with Crippen molar-refractivity contribution in [1.29, 1.82) is 5.26 Å². The minimum Gasteiger partial charge on any atom is -0.378 e. The molecule has 0 unspecified atom stereocenters. The third kappa shape index (κ3) is 4.41. The molecular weight excluding hydrogens is 246 g/mol. The number of hydrogen-bond acceptors (Lipinski definition) is 4. The van der Waals surface area contributed by atoms with Gasteiger partial charge in [0.25, 0.3) is 5.91 Å². The van der Waals surface area contributed by atoms with E-state index in [1.165, 1.54) is 0 Å². The topological polar surface area (TPSA) is 116 Å². The molecule has 100 valence electrons. The monoisotopic (exact) mass is 261 g/mol. The lowest BCUT2D eigenvalue weighted by Gasteiger charge is -2.17. The van der Waals surface area contributed by atoms with Crippen LogP contribution in [0, 0.1) is 11.3 Å². The molecule has 0 heterocycles. The molecule has 6 nitrogen and oxygen atoms in total. The average molecular weight is 261 g/mol. The Morgan fingerprint density at radius 3 is 2.53 bits per heavy atom. The maximum absolute atomic E-state index is 11.8. The van der Waals surface area contributed by atoms with Crippen molar-refractivity contribution in [1.82, 2.24) is 5.32 Å². The number of aliphatic hydroxyl groups is 1. The van der Waals surface area contributed by atoms with E-state index >= 15 is 0 Å². The summed E-state index contributed by atoms with van der Waals surface area (Å²) in [6, 6.07) is 9.24. The number of carbonyl (C=O) groups is 2. The number of hydrogen-bond donors (Lipinski definition) is 3. The zero-order valence-electron chi connectivity index (χ0n) is 10.2. The van der Waals surface area contributed by atoms with E-state index in [2.05, 4.69) is 5.32 Å². The largest absolute Gasteiger partial charge is 0.378 e. The standard InChI is InChI=1S/C13H15N3O3/c14-8-4-7-10(12(15)18)16-13(19)11(17)9-5-2-1-3-6-9/h1-3,5-6,10-11,17H,4,7H2,(H2,15,18)(H,16,19)/t10-,11+/m1/s1. The molecular formula is C13H15N3O3. The van der Waals surface area contributed by atoms with Gasteiger partial charge in [-0.25, -0.2) is 0 Å². The number of rotatable bonds is 6. The molecule has 4 N–H and O–H groups in total. The van der Waals surface area contributed by atoms with Crippen LogP contribution in [0.15, 0.2) is 30.3 Å². The molecule has 0 spiro atoms. The van der Waals surface area contributed by atoms with Crippen LogP contribution >= 0.6 is 0 Å². The van der Waals surface area contributed by atoms with Crippen LogP contribution in [0.2, 0.25) is 0 Å². The molecule has 2 amide bonds. The van der Waals surface area contributed by atoms with Gasteiger partial charge < -0.3 is 16.2 Å². The van der Waals surface area contributed by atoms with Gasteiger partial charge in [0.05, 0.1) is 6.07 Å². The Bertz CT molecular complexity index is 482. The molecule has 0 aliphatic heterocycles. The highest BCUT2D eigenvalue weighted by Gasteiger charge is 2.23. The first-order valence-corrected chi connectivity index (χ1v) is 5.76. The first kappa shape index (κ1) is 14.7. The molecule has 0 aliphatic carbocycles. The van der Waals surface area contributed by atoms with Crippen LogP contribution in [-0.4, -0.2) is 23.0 Å². The molecule has 1 aromatic rings. The number of nitrogens with one attached hydrogen (secondary N) is 1. The second kappa shape index (κ2) is 7.13. The van der Waals surface area contributed by atoms with Crippen molar-refractivity contribution in [3.05, 3.63) is 35.9 Å². The normalized spacial score (nSPS) is 13.1. The van der Waals surface area contributed by atoms with Crippen molar-refractivity contribution in [3.63, 3.8) is 0 Å². The summed E-state index contributed by atoms with van der Waals surface area (Å²) in [6.07, 6.45) is -1.15. The molecule has 0 aromatic heterocycles.